The lowest BCUT2D eigenvalue weighted by Gasteiger charge is -2.09. The van der Waals surface area contributed by atoms with Crippen LogP contribution >= 0.6 is 0 Å². The fourth-order valence-electron chi connectivity index (χ4n) is 1.38. The number of hydrogen-bond donors (Lipinski definition) is 0. The highest BCUT2D eigenvalue weighted by atomic mass is 32.2. The predicted molar refractivity (Wildman–Crippen MR) is 61.0 cm³/mol. The van der Waals surface area contributed by atoms with Gasteiger partial charge in [0.2, 0.25) is 0 Å². The Morgan fingerprint density at radius 1 is 1.32 bits per heavy atom. The molecule has 0 N–H and O–H groups in total. The minimum atomic E-state index is -4.54. The first kappa shape index (κ1) is 15.5. The number of esters is 1. The van der Waals surface area contributed by atoms with Gasteiger partial charge in [-0.15, -0.1) is 0 Å². The average Bonchev–Trinajstić information content (AvgIpc) is 2.26. The molecular weight excluding hydrogens is 285 g/mol. The largest absolute Gasteiger partial charge is 0.468 e. The molecule has 1 aromatic carbocycles. The molecular formula is C11H11F3O4S. The maximum absolute atomic E-state index is 12.4. The van der Waals surface area contributed by atoms with Crippen molar-refractivity contribution in [3.63, 3.8) is 0 Å². The van der Waals surface area contributed by atoms with Gasteiger partial charge < -0.3 is 4.74 Å². The molecule has 0 aliphatic heterocycles. The molecule has 106 valence electrons. The molecule has 4 nitrogen and oxygen atoms in total. The van der Waals surface area contributed by atoms with Gasteiger partial charge in [0.25, 0.3) is 0 Å². The summed E-state index contributed by atoms with van der Waals surface area (Å²) in [5.74, 6) is -2.46. The molecule has 0 fully saturated rings. The first-order valence-corrected chi connectivity index (χ1v) is 6.89. The molecule has 0 amide bonds. The molecule has 0 unspecified atom stereocenters. The van der Waals surface area contributed by atoms with Gasteiger partial charge in [0.1, 0.15) is 5.75 Å². The number of ether oxygens (including phenoxy) is 1. The number of hydrogen-bond acceptors (Lipinski definition) is 4. The van der Waals surface area contributed by atoms with Gasteiger partial charge in [-0.2, -0.15) is 13.2 Å². The Bertz CT molecular complexity index is 564. The zero-order chi connectivity index (χ0) is 14.7. The van der Waals surface area contributed by atoms with Crippen molar-refractivity contribution < 1.29 is 31.1 Å². The van der Waals surface area contributed by atoms with E-state index in [1.807, 2.05) is 0 Å². The number of alkyl halides is 3. The van der Waals surface area contributed by atoms with Gasteiger partial charge in [-0.1, -0.05) is 18.2 Å². The Kier molecular flexibility index (Phi) is 4.56. The predicted octanol–water partition coefficient (Wildman–Crippen LogP) is 1.79. The second kappa shape index (κ2) is 5.60. The van der Waals surface area contributed by atoms with Crippen molar-refractivity contribution in [2.75, 3.05) is 12.9 Å². The normalized spacial score (nSPS) is 12.2. The molecule has 1 aromatic rings. The average molecular weight is 296 g/mol. The molecule has 0 aliphatic carbocycles. The van der Waals surface area contributed by atoms with Crippen LogP contribution < -0.4 is 0 Å². The second-order valence-electron chi connectivity index (χ2n) is 3.81. The van der Waals surface area contributed by atoms with Gasteiger partial charge in [-0.25, -0.2) is 8.42 Å². The summed E-state index contributed by atoms with van der Waals surface area (Å²) in [6.45, 7) is 0. The lowest BCUT2D eigenvalue weighted by Crippen LogP contribution is -2.19. The van der Waals surface area contributed by atoms with E-state index in [4.69, 9.17) is 0 Å². The summed E-state index contributed by atoms with van der Waals surface area (Å²) in [6.07, 6.45) is -4.54. The molecule has 19 heavy (non-hydrogen) atoms. The SMILES string of the molecule is COC(=O)CS(=O)(=O)Cc1cccc(C(F)(F)F)c1. The summed E-state index contributed by atoms with van der Waals surface area (Å²) in [6, 6.07) is 3.96. The monoisotopic (exact) mass is 296 g/mol. The van der Waals surface area contributed by atoms with E-state index < -0.39 is 39.1 Å². The van der Waals surface area contributed by atoms with E-state index in [0.717, 1.165) is 25.3 Å². The molecule has 0 saturated carbocycles. The molecule has 1 rings (SSSR count). The van der Waals surface area contributed by atoms with Crippen LogP contribution in [0.4, 0.5) is 13.2 Å². The van der Waals surface area contributed by atoms with E-state index >= 15 is 0 Å². The molecule has 0 spiro atoms. The molecule has 0 radical (unpaired) electrons. The molecule has 0 aliphatic rings. The standard InChI is InChI=1S/C11H11F3O4S/c1-18-10(15)7-19(16,17)6-8-3-2-4-9(5-8)11(12,13)14/h2-5H,6-7H2,1H3. The van der Waals surface area contributed by atoms with Crippen LogP contribution in [0.25, 0.3) is 0 Å². The number of benzene rings is 1. The van der Waals surface area contributed by atoms with E-state index in [-0.39, 0.29) is 5.56 Å². The van der Waals surface area contributed by atoms with Crippen molar-refractivity contribution in [3.8, 4) is 0 Å². The Balaban J connectivity index is 2.92. The van der Waals surface area contributed by atoms with E-state index in [1.54, 1.807) is 0 Å². The van der Waals surface area contributed by atoms with Gasteiger partial charge in [-0.3, -0.25) is 4.79 Å². The van der Waals surface area contributed by atoms with Crippen LogP contribution in [0.3, 0.4) is 0 Å². The molecule has 0 saturated heterocycles. The summed E-state index contributed by atoms with van der Waals surface area (Å²) in [4.78, 5) is 10.9. The third kappa shape index (κ3) is 4.90. The Hall–Kier alpha value is -1.57. The number of methoxy groups -OCH3 is 1. The summed E-state index contributed by atoms with van der Waals surface area (Å²) < 4.78 is 64.6. The van der Waals surface area contributed by atoms with E-state index in [2.05, 4.69) is 4.74 Å². The van der Waals surface area contributed by atoms with Crippen LogP contribution in [0, 0.1) is 0 Å². The minimum absolute atomic E-state index is 0.0290. The lowest BCUT2D eigenvalue weighted by molar-refractivity contribution is -0.138. The molecule has 0 bridgehead atoms. The van der Waals surface area contributed by atoms with Crippen molar-refractivity contribution in [1.82, 2.24) is 0 Å². The second-order valence-corrected chi connectivity index (χ2v) is 5.87. The van der Waals surface area contributed by atoms with Crippen LogP contribution in [0.15, 0.2) is 24.3 Å². The first-order chi connectivity index (χ1) is 8.64. The third-order valence-corrected chi connectivity index (χ3v) is 3.66. The van der Waals surface area contributed by atoms with E-state index in [1.165, 1.54) is 6.07 Å². The minimum Gasteiger partial charge on any atom is -0.468 e. The molecule has 0 atom stereocenters. The van der Waals surface area contributed by atoms with Crippen molar-refractivity contribution in [2.45, 2.75) is 11.9 Å². The fourth-order valence-corrected chi connectivity index (χ4v) is 2.65. The number of carbonyl (C=O) groups is 1. The van der Waals surface area contributed by atoms with Crippen LogP contribution in [0.1, 0.15) is 11.1 Å². The smallest absolute Gasteiger partial charge is 0.416 e. The maximum Gasteiger partial charge on any atom is 0.416 e. The quantitative estimate of drug-likeness (QED) is 0.795. The van der Waals surface area contributed by atoms with Crippen molar-refractivity contribution in [2.24, 2.45) is 0 Å². The van der Waals surface area contributed by atoms with Gasteiger partial charge in [0.05, 0.1) is 18.4 Å². The summed E-state index contributed by atoms with van der Waals surface area (Å²) in [5.41, 5.74) is -0.961. The van der Waals surface area contributed by atoms with Crippen LogP contribution in [-0.4, -0.2) is 27.2 Å². The van der Waals surface area contributed by atoms with Gasteiger partial charge in [0, 0.05) is 0 Å². The number of carbonyl (C=O) groups excluding carboxylic acids is 1. The van der Waals surface area contributed by atoms with Crippen molar-refractivity contribution in [3.05, 3.63) is 35.4 Å². The van der Waals surface area contributed by atoms with Crippen LogP contribution in [0.2, 0.25) is 0 Å². The van der Waals surface area contributed by atoms with Crippen molar-refractivity contribution >= 4 is 15.8 Å². The first-order valence-electron chi connectivity index (χ1n) is 5.07. The zero-order valence-electron chi connectivity index (χ0n) is 9.90. The highest BCUT2D eigenvalue weighted by Gasteiger charge is 2.30. The van der Waals surface area contributed by atoms with Gasteiger partial charge >= 0.3 is 12.1 Å². The highest BCUT2D eigenvalue weighted by Crippen LogP contribution is 2.29. The summed E-state index contributed by atoms with van der Waals surface area (Å²) in [7, 11) is -2.82. The van der Waals surface area contributed by atoms with Crippen LogP contribution in [0.5, 0.6) is 0 Å². The van der Waals surface area contributed by atoms with E-state index in [9.17, 15) is 26.4 Å². The van der Waals surface area contributed by atoms with Crippen LogP contribution in [-0.2, 0) is 31.3 Å². The maximum atomic E-state index is 12.4. The topological polar surface area (TPSA) is 60.4 Å². The van der Waals surface area contributed by atoms with E-state index in [0.29, 0.717) is 0 Å². The third-order valence-electron chi connectivity index (χ3n) is 2.21. The summed E-state index contributed by atoms with van der Waals surface area (Å²) in [5, 5.41) is 0. The fraction of sp³-hybridized carbons (Fsp3) is 0.364. The molecule has 0 aromatic heterocycles. The zero-order valence-corrected chi connectivity index (χ0v) is 10.7. The highest BCUT2D eigenvalue weighted by molar-refractivity contribution is 7.91. The molecule has 0 heterocycles. The Labute approximate surface area is 108 Å². The number of rotatable bonds is 4. The Morgan fingerprint density at radius 3 is 2.47 bits per heavy atom. The lowest BCUT2D eigenvalue weighted by atomic mass is 10.1. The number of halogens is 3. The summed E-state index contributed by atoms with van der Waals surface area (Å²) >= 11 is 0. The molecule has 8 heteroatoms. The van der Waals surface area contributed by atoms with Gasteiger partial charge in [-0.05, 0) is 11.6 Å². The Morgan fingerprint density at radius 2 is 1.95 bits per heavy atom. The van der Waals surface area contributed by atoms with Gasteiger partial charge in [0.15, 0.2) is 9.84 Å². The number of sulfone groups is 1. The van der Waals surface area contributed by atoms with Crippen molar-refractivity contribution in [1.29, 1.82) is 0 Å².